The van der Waals surface area contributed by atoms with E-state index in [-0.39, 0.29) is 34.1 Å². The Bertz CT molecular complexity index is 2720. The number of hydrogen-bond acceptors (Lipinski definition) is 10. The molecule has 4 aromatic carbocycles. The summed E-state index contributed by atoms with van der Waals surface area (Å²) >= 11 is 11.9. The fourth-order valence-electron chi connectivity index (χ4n) is 5.65. The van der Waals surface area contributed by atoms with Crippen LogP contribution >= 0.6 is 23.2 Å². The van der Waals surface area contributed by atoms with Crippen LogP contribution in [0.15, 0.2) is 144 Å². The van der Waals surface area contributed by atoms with Gasteiger partial charge in [-0.3, -0.25) is 13.6 Å². The van der Waals surface area contributed by atoms with Crippen molar-refractivity contribution >= 4 is 66.6 Å². The largest absolute Gasteiger partial charge is 0.456 e. The van der Waals surface area contributed by atoms with Crippen molar-refractivity contribution in [2.24, 2.45) is 7.05 Å². The van der Waals surface area contributed by atoms with Crippen LogP contribution in [0.4, 0.5) is 11.4 Å². The van der Waals surface area contributed by atoms with E-state index < -0.39 is 43.2 Å². The lowest BCUT2D eigenvalue weighted by atomic mass is 10.1. The van der Waals surface area contributed by atoms with Gasteiger partial charge in [0.2, 0.25) is 0 Å². The Kier molecular flexibility index (Phi) is 14.9. The minimum absolute atomic E-state index is 0.0356. The van der Waals surface area contributed by atoms with Crippen LogP contribution in [0.5, 0.6) is 0 Å². The molecule has 0 aliphatic rings. The number of aryl methyl sites for hydroxylation is 1. The molecule has 326 valence electrons. The second-order valence-corrected chi connectivity index (χ2v) is 20.5. The van der Waals surface area contributed by atoms with Gasteiger partial charge in [-0.2, -0.15) is 8.42 Å². The van der Waals surface area contributed by atoms with E-state index >= 15 is 0 Å². The number of anilines is 2. The fourth-order valence-corrected chi connectivity index (χ4v) is 8.73. The summed E-state index contributed by atoms with van der Waals surface area (Å²) in [6, 6.07) is 29.5. The normalized spacial score (nSPS) is 11.8. The van der Waals surface area contributed by atoms with Crippen molar-refractivity contribution in [1.29, 1.82) is 0 Å². The Labute approximate surface area is 373 Å². The third-order valence-corrected chi connectivity index (χ3v) is 12.4. The summed E-state index contributed by atoms with van der Waals surface area (Å²) in [6.45, 7) is 10.7. The number of esters is 2. The molecule has 62 heavy (non-hydrogen) atoms. The first-order valence-corrected chi connectivity index (χ1v) is 22.7. The molecule has 2 heterocycles. The molecule has 0 spiro atoms. The van der Waals surface area contributed by atoms with Gasteiger partial charge in [0, 0.05) is 35.7 Å². The zero-order valence-corrected chi connectivity index (χ0v) is 38.3. The van der Waals surface area contributed by atoms with Crippen molar-refractivity contribution in [2.45, 2.75) is 75.8 Å². The Morgan fingerprint density at radius 3 is 1.48 bits per heavy atom. The predicted molar refractivity (Wildman–Crippen MR) is 240 cm³/mol. The first-order valence-electron chi connectivity index (χ1n) is 19.1. The lowest BCUT2D eigenvalue weighted by Crippen LogP contribution is -2.31. The molecule has 0 fully saturated rings. The Balaban J connectivity index is 0.000000234. The molecular weight excluding hydrogens is 874 g/mol. The number of benzene rings is 4. The molecular formula is C45H47Cl2N5O8S2. The molecule has 0 saturated heterocycles. The van der Waals surface area contributed by atoms with E-state index in [1.165, 1.54) is 51.7 Å². The second-order valence-electron chi connectivity index (χ2n) is 15.9. The van der Waals surface area contributed by atoms with Crippen molar-refractivity contribution in [1.82, 2.24) is 14.5 Å². The van der Waals surface area contributed by atoms with E-state index in [1.54, 1.807) is 144 Å². The first-order chi connectivity index (χ1) is 29.0. The summed E-state index contributed by atoms with van der Waals surface area (Å²) in [5.41, 5.74) is 1.30. The minimum atomic E-state index is -4.00. The van der Waals surface area contributed by atoms with E-state index in [0.29, 0.717) is 21.4 Å². The van der Waals surface area contributed by atoms with Gasteiger partial charge in [0.05, 0.1) is 41.9 Å². The number of rotatable bonds is 12. The maximum absolute atomic E-state index is 13.5. The predicted octanol–water partition coefficient (Wildman–Crippen LogP) is 9.51. The Morgan fingerprint density at radius 1 is 0.645 bits per heavy atom. The highest BCUT2D eigenvalue weighted by atomic mass is 35.5. The van der Waals surface area contributed by atoms with E-state index in [0.717, 1.165) is 11.1 Å². The molecule has 0 aliphatic carbocycles. The molecule has 6 rings (SSSR count). The van der Waals surface area contributed by atoms with E-state index in [4.69, 9.17) is 32.7 Å². The summed E-state index contributed by atoms with van der Waals surface area (Å²) in [5.74, 6) is -1.06. The van der Waals surface area contributed by atoms with Crippen molar-refractivity contribution in [2.75, 3.05) is 8.61 Å². The van der Waals surface area contributed by atoms with Crippen LogP contribution in [0, 0.1) is 0 Å². The number of imidazole rings is 1. The van der Waals surface area contributed by atoms with Gasteiger partial charge in [-0.15, -0.1) is 0 Å². The van der Waals surface area contributed by atoms with Crippen LogP contribution in [0.3, 0.4) is 0 Å². The average Bonchev–Trinajstić information content (AvgIpc) is 3.67. The summed E-state index contributed by atoms with van der Waals surface area (Å²) in [7, 11) is -6.26. The van der Waals surface area contributed by atoms with Gasteiger partial charge in [0.15, 0.2) is 5.03 Å². The van der Waals surface area contributed by atoms with Crippen molar-refractivity contribution in [3.05, 3.63) is 166 Å². The monoisotopic (exact) mass is 919 g/mol. The van der Waals surface area contributed by atoms with Crippen molar-refractivity contribution in [3.63, 3.8) is 0 Å². The molecule has 0 saturated carbocycles. The Hall–Kier alpha value is -5.74. The fraction of sp³-hybridized carbons (Fsp3) is 0.244. The second kappa shape index (κ2) is 19.5. The number of pyridine rings is 1. The maximum Gasteiger partial charge on any atom is 0.338 e. The molecule has 13 nitrogen and oxygen atoms in total. The van der Waals surface area contributed by atoms with E-state index in [9.17, 15) is 26.4 Å². The van der Waals surface area contributed by atoms with Gasteiger partial charge in [-0.1, -0.05) is 59.6 Å². The standard InChI is InChI=1S/C23H23ClN2O4S.C22H24ClN3O4S/c1-23(2,3)30-22(27)18-6-4-7-20(14-18)26(16-17-9-11-19(24)12-10-17)31(28,29)21-8-5-13-25-15-21;1-22(2,3)30-21(27)17-6-5-7-19(12-17)26(13-16-8-10-18(23)11-9-16)31(28,29)20-14-25(4)15-24-20/h4-15H,16H2,1-3H3;5-12,14-15H,13H2,1-4H3. The molecule has 17 heteroatoms. The number of sulfonamides is 2. The lowest BCUT2D eigenvalue weighted by Gasteiger charge is -2.25. The highest BCUT2D eigenvalue weighted by molar-refractivity contribution is 7.93. The van der Waals surface area contributed by atoms with Crippen LogP contribution in [-0.2, 0) is 49.7 Å². The van der Waals surface area contributed by atoms with E-state index in [1.807, 2.05) is 0 Å². The number of aromatic nitrogens is 3. The maximum atomic E-state index is 13.5. The topological polar surface area (TPSA) is 158 Å². The number of ether oxygens (including phenoxy) is 2. The summed E-state index contributed by atoms with van der Waals surface area (Å²) < 4.78 is 68.7. The van der Waals surface area contributed by atoms with Crippen molar-refractivity contribution < 1.29 is 35.9 Å². The molecule has 0 unspecified atom stereocenters. The highest BCUT2D eigenvalue weighted by Gasteiger charge is 2.30. The van der Waals surface area contributed by atoms with Crippen LogP contribution in [-0.4, -0.2) is 54.5 Å². The van der Waals surface area contributed by atoms with Crippen LogP contribution in [0.25, 0.3) is 0 Å². The third-order valence-electron chi connectivity index (χ3n) is 8.47. The molecule has 2 aromatic heterocycles. The molecule has 0 atom stereocenters. The van der Waals surface area contributed by atoms with Gasteiger partial charge in [-0.25, -0.2) is 23.0 Å². The highest BCUT2D eigenvalue weighted by Crippen LogP contribution is 2.29. The van der Waals surface area contributed by atoms with E-state index in [2.05, 4.69) is 9.97 Å². The molecule has 0 bridgehead atoms. The zero-order chi connectivity index (χ0) is 45.5. The van der Waals surface area contributed by atoms with Crippen molar-refractivity contribution in [3.8, 4) is 0 Å². The van der Waals surface area contributed by atoms with Gasteiger partial charge in [0.1, 0.15) is 16.1 Å². The van der Waals surface area contributed by atoms with Crippen LogP contribution in [0.2, 0.25) is 10.0 Å². The summed E-state index contributed by atoms with van der Waals surface area (Å²) in [6.07, 6.45) is 5.65. The van der Waals surface area contributed by atoms with Gasteiger partial charge in [-0.05, 0) is 125 Å². The lowest BCUT2D eigenvalue weighted by molar-refractivity contribution is 0.00571. The number of halogens is 2. The summed E-state index contributed by atoms with van der Waals surface area (Å²) in [5, 5.41) is 1.01. The number of carbonyl (C=O) groups is 2. The van der Waals surface area contributed by atoms with Gasteiger partial charge >= 0.3 is 11.9 Å². The number of nitrogens with zero attached hydrogens (tertiary/aromatic N) is 5. The number of carbonyl (C=O) groups excluding carboxylic acids is 2. The SMILES string of the molecule is CC(C)(C)OC(=O)c1cccc(N(Cc2ccc(Cl)cc2)S(=O)(=O)c2cccnc2)c1.Cn1cnc(S(=O)(=O)N(Cc2ccc(Cl)cc2)c2cccc(C(=O)OC(C)(C)C)c2)c1. The van der Waals surface area contributed by atoms with Crippen LogP contribution in [0.1, 0.15) is 73.4 Å². The van der Waals surface area contributed by atoms with Crippen LogP contribution < -0.4 is 8.61 Å². The molecule has 0 radical (unpaired) electrons. The molecule has 0 amide bonds. The smallest absolute Gasteiger partial charge is 0.338 e. The summed E-state index contributed by atoms with van der Waals surface area (Å²) in [4.78, 5) is 33.1. The minimum Gasteiger partial charge on any atom is -0.456 e. The molecule has 0 N–H and O–H groups in total. The molecule has 0 aliphatic heterocycles. The Morgan fingerprint density at radius 2 is 1.10 bits per heavy atom. The zero-order valence-electron chi connectivity index (χ0n) is 35.2. The quantitative estimate of drug-likeness (QED) is 0.108. The van der Waals surface area contributed by atoms with Gasteiger partial charge in [0.25, 0.3) is 20.0 Å². The average molecular weight is 921 g/mol. The molecule has 6 aromatic rings. The van der Waals surface area contributed by atoms with Gasteiger partial charge < -0.3 is 14.0 Å². The first kappa shape index (κ1) is 47.3. The third kappa shape index (κ3) is 12.9. The number of hydrogen-bond donors (Lipinski definition) is 0.